The fraction of sp³-hybridized carbons (Fsp3) is 0.900. The summed E-state index contributed by atoms with van der Waals surface area (Å²) >= 11 is 0. The smallest absolute Gasteiger partial charge is 0.450 e. The van der Waals surface area contributed by atoms with E-state index in [2.05, 4.69) is 13.8 Å². The molecule has 3 heteroatoms. The van der Waals surface area contributed by atoms with Gasteiger partial charge in [-0.25, -0.2) is 4.79 Å². The molecule has 0 radical (unpaired) electrons. The first-order chi connectivity index (χ1) is 6.15. The Kier molecular flexibility index (Phi) is 6.37. The van der Waals surface area contributed by atoms with Gasteiger partial charge in [-0.05, 0) is 25.2 Å². The van der Waals surface area contributed by atoms with Crippen LogP contribution in [0.15, 0.2) is 0 Å². The first kappa shape index (κ1) is 12.3. The van der Waals surface area contributed by atoms with E-state index in [0.717, 1.165) is 25.7 Å². The second kappa shape index (κ2) is 6.75. The van der Waals surface area contributed by atoms with Gasteiger partial charge in [0, 0.05) is 0 Å². The van der Waals surface area contributed by atoms with Gasteiger partial charge in [-0.3, -0.25) is 0 Å². The van der Waals surface area contributed by atoms with Crippen LogP contribution >= 0.6 is 0 Å². The van der Waals surface area contributed by atoms with Crippen LogP contribution in [-0.4, -0.2) is 17.4 Å². The fourth-order valence-electron chi connectivity index (χ4n) is 1.62. The molecule has 1 unspecified atom stereocenters. The van der Waals surface area contributed by atoms with Crippen molar-refractivity contribution in [2.45, 2.75) is 52.6 Å². The molecule has 0 saturated carbocycles. The predicted molar refractivity (Wildman–Crippen MR) is 51.9 cm³/mol. The summed E-state index contributed by atoms with van der Waals surface area (Å²) in [6, 6.07) is 0. The van der Waals surface area contributed by atoms with E-state index in [9.17, 15) is 4.79 Å². The molecule has 0 aromatic rings. The second-order valence-corrected chi connectivity index (χ2v) is 3.29. The molecule has 0 spiro atoms. The van der Waals surface area contributed by atoms with Crippen LogP contribution in [-0.2, 0) is 4.74 Å². The van der Waals surface area contributed by atoms with E-state index in [1.807, 2.05) is 6.92 Å². The summed E-state index contributed by atoms with van der Waals surface area (Å²) in [5.74, 6) is 0.371. The van der Waals surface area contributed by atoms with E-state index in [4.69, 9.17) is 9.84 Å². The Labute approximate surface area is 80.1 Å². The second-order valence-electron chi connectivity index (χ2n) is 3.29. The van der Waals surface area contributed by atoms with Gasteiger partial charge in [0.1, 0.15) is 6.10 Å². The summed E-state index contributed by atoms with van der Waals surface area (Å²) in [6.45, 7) is 6.19. The van der Waals surface area contributed by atoms with E-state index >= 15 is 0 Å². The monoisotopic (exact) mass is 188 g/mol. The SMILES string of the molecule is CCCC(OC(=O)O)C(CC)CC. The Hall–Kier alpha value is -0.730. The minimum atomic E-state index is -1.15. The van der Waals surface area contributed by atoms with Gasteiger partial charge in [0.2, 0.25) is 0 Å². The largest absolute Gasteiger partial charge is 0.506 e. The highest BCUT2D eigenvalue weighted by atomic mass is 16.7. The van der Waals surface area contributed by atoms with E-state index in [-0.39, 0.29) is 6.10 Å². The third kappa shape index (κ3) is 4.76. The van der Waals surface area contributed by atoms with Crippen LogP contribution in [0.25, 0.3) is 0 Å². The Morgan fingerprint density at radius 1 is 1.31 bits per heavy atom. The first-order valence-corrected chi connectivity index (χ1v) is 5.05. The summed E-state index contributed by atoms with van der Waals surface area (Å²) in [6.07, 6.45) is 2.50. The van der Waals surface area contributed by atoms with Crippen LogP contribution in [0.1, 0.15) is 46.5 Å². The number of carboxylic acid groups (broad SMARTS) is 1. The molecule has 0 aliphatic heterocycles. The Morgan fingerprint density at radius 2 is 1.85 bits per heavy atom. The van der Waals surface area contributed by atoms with Crippen molar-refractivity contribution in [1.82, 2.24) is 0 Å². The topological polar surface area (TPSA) is 46.5 Å². The lowest BCUT2D eigenvalue weighted by atomic mass is 9.93. The number of carbonyl (C=O) groups is 1. The zero-order valence-electron chi connectivity index (χ0n) is 8.75. The fourth-order valence-corrected chi connectivity index (χ4v) is 1.62. The van der Waals surface area contributed by atoms with Crippen molar-refractivity contribution in [2.24, 2.45) is 5.92 Å². The van der Waals surface area contributed by atoms with Crippen molar-refractivity contribution in [1.29, 1.82) is 0 Å². The number of hydrogen-bond acceptors (Lipinski definition) is 2. The molecule has 0 aliphatic rings. The third-order valence-corrected chi connectivity index (χ3v) is 2.40. The number of ether oxygens (including phenoxy) is 1. The average Bonchev–Trinajstić information content (AvgIpc) is 2.05. The maximum absolute atomic E-state index is 10.4. The van der Waals surface area contributed by atoms with Crippen LogP contribution in [0.3, 0.4) is 0 Å². The molecule has 0 aromatic heterocycles. The standard InChI is InChI=1S/C10H20O3/c1-4-7-9(13-10(11)12)8(5-2)6-3/h8-9H,4-7H2,1-3H3,(H,11,12). The predicted octanol–water partition coefficient (Wildman–Crippen LogP) is 3.29. The molecule has 0 amide bonds. The van der Waals surface area contributed by atoms with Crippen LogP contribution in [0.5, 0.6) is 0 Å². The summed E-state index contributed by atoms with van der Waals surface area (Å²) in [7, 11) is 0. The average molecular weight is 188 g/mol. The highest BCUT2D eigenvalue weighted by Crippen LogP contribution is 2.20. The van der Waals surface area contributed by atoms with Crippen LogP contribution in [0.2, 0.25) is 0 Å². The molecule has 78 valence electrons. The number of hydrogen-bond donors (Lipinski definition) is 1. The Morgan fingerprint density at radius 3 is 2.15 bits per heavy atom. The van der Waals surface area contributed by atoms with Gasteiger partial charge < -0.3 is 9.84 Å². The van der Waals surface area contributed by atoms with Gasteiger partial charge in [-0.1, -0.05) is 27.2 Å². The van der Waals surface area contributed by atoms with Crippen molar-refractivity contribution in [3.8, 4) is 0 Å². The van der Waals surface area contributed by atoms with Gasteiger partial charge >= 0.3 is 6.16 Å². The van der Waals surface area contributed by atoms with Gasteiger partial charge in [-0.15, -0.1) is 0 Å². The van der Waals surface area contributed by atoms with Gasteiger partial charge in [0.15, 0.2) is 0 Å². The molecule has 1 atom stereocenters. The van der Waals surface area contributed by atoms with E-state index < -0.39 is 6.16 Å². The third-order valence-electron chi connectivity index (χ3n) is 2.40. The molecule has 13 heavy (non-hydrogen) atoms. The summed E-state index contributed by atoms with van der Waals surface area (Å²) in [5, 5.41) is 8.53. The van der Waals surface area contributed by atoms with Crippen LogP contribution in [0.4, 0.5) is 4.79 Å². The molecule has 0 aromatic carbocycles. The van der Waals surface area contributed by atoms with E-state index in [1.165, 1.54) is 0 Å². The van der Waals surface area contributed by atoms with Crippen LogP contribution < -0.4 is 0 Å². The molecular formula is C10H20O3. The normalized spacial score (nSPS) is 12.9. The molecule has 0 aliphatic carbocycles. The van der Waals surface area contributed by atoms with Gasteiger partial charge in [-0.2, -0.15) is 0 Å². The van der Waals surface area contributed by atoms with Crippen LogP contribution in [0, 0.1) is 5.92 Å². The quantitative estimate of drug-likeness (QED) is 0.650. The van der Waals surface area contributed by atoms with Crippen molar-refractivity contribution < 1.29 is 14.6 Å². The maximum atomic E-state index is 10.4. The zero-order valence-corrected chi connectivity index (χ0v) is 8.75. The van der Waals surface area contributed by atoms with Crippen molar-refractivity contribution in [3.05, 3.63) is 0 Å². The minimum absolute atomic E-state index is 0.113. The lowest BCUT2D eigenvalue weighted by Crippen LogP contribution is -2.25. The molecule has 1 N–H and O–H groups in total. The summed E-state index contributed by atoms with van der Waals surface area (Å²) in [5.41, 5.74) is 0. The molecule has 0 bridgehead atoms. The molecule has 0 rings (SSSR count). The highest BCUT2D eigenvalue weighted by Gasteiger charge is 2.21. The molecule has 3 nitrogen and oxygen atoms in total. The summed E-state index contributed by atoms with van der Waals surface area (Å²) in [4.78, 5) is 10.4. The van der Waals surface area contributed by atoms with Gasteiger partial charge in [0.25, 0.3) is 0 Å². The number of rotatable bonds is 6. The van der Waals surface area contributed by atoms with Crippen molar-refractivity contribution >= 4 is 6.16 Å². The van der Waals surface area contributed by atoms with Crippen molar-refractivity contribution in [2.75, 3.05) is 0 Å². The van der Waals surface area contributed by atoms with Crippen molar-refractivity contribution in [3.63, 3.8) is 0 Å². The summed E-state index contributed by atoms with van der Waals surface area (Å²) < 4.78 is 4.85. The lowest BCUT2D eigenvalue weighted by molar-refractivity contribution is 0.0180. The molecule has 0 saturated heterocycles. The Balaban J connectivity index is 4.11. The maximum Gasteiger partial charge on any atom is 0.506 e. The highest BCUT2D eigenvalue weighted by molar-refractivity contribution is 5.57. The minimum Gasteiger partial charge on any atom is -0.450 e. The molecular weight excluding hydrogens is 168 g/mol. The molecule has 0 fully saturated rings. The Bertz CT molecular complexity index is 141. The van der Waals surface area contributed by atoms with E-state index in [1.54, 1.807) is 0 Å². The zero-order chi connectivity index (χ0) is 10.3. The first-order valence-electron chi connectivity index (χ1n) is 5.05. The van der Waals surface area contributed by atoms with E-state index in [0.29, 0.717) is 5.92 Å². The lowest BCUT2D eigenvalue weighted by Gasteiger charge is -2.23. The molecule has 0 heterocycles. The van der Waals surface area contributed by atoms with Gasteiger partial charge in [0.05, 0.1) is 0 Å².